The second-order valence-corrected chi connectivity index (χ2v) is 6.24. The summed E-state index contributed by atoms with van der Waals surface area (Å²) < 4.78 is 5.85. The second kappa shape index (κ2) is 7.65. The molecule has 0 saturated heterocycles. The minimum Gasteiger partial charge on any atom is -0.493 e. The zero-order valence-corrected chi connectivity index (χ0v) is 13.5. The fraction of sp³-hybridized carbons (Fsp3) is 0.647. The van der Waals surface area contributed by atoms with E-state index in [2.05, 4.69) is 58.1 Å². The number of aliphatic hydroxyl groups is 1. The van der Waals surface area contributed by atoms with Crippen molar-refractivity contribution in [1.82, 2.24) is 5.32 Å². The van der Waals surface area contributed by atoms with Crippen LogP contribution in [0.1, 0.15) is 44.7 Å². The zero-order valence-electron chi connectivity index (χ0n) is 13.5. The van der Waals surface area contributed by atoms with Crippen molar-refractivity contribution in [2.45, 2.75) is 59.0 Å². The van der Waals surface area contributed by atoms with Gasteiger partial charge >= 0.3 is 0 Å². The van der Waals surface area contributed by atoms with Gasteiger partial charge in [0.25, 0.3) is 0 Å². The molecule has 0 spiro atoms. The van der Waals surface area contributed by atoms with Crippen LogP contribution in [0, 0.1) is 13.8 Å². The maximum Gasteiger partial charge on any atom is 0.122 e. The van der Waals surface area contributed by atoms with Crippen LogP contribution in [0.25, 0.3) is 0 Å². The summed E-state index contributed by atoms with van der Waals surface area (Å²) in [5.41, 5.74) is 2.16. The first-order valence-electron chi connectivity index (χ1n) is 7.45. The quantitative estimate of drug-likeness (QED) is 0.718. The van der Waals surface area contributed by atoms with Crippen LogP contribution in [0.3, 0.4) is 0 Å². The molecule has 114 valence electrons. The van der Waals surface area contributed by atoms with E-state index < -0.39 is 0 Å². The van der Waals surface area contributed by atoms with Crippen LogP contribution in [-0.4, -0.2) is 29.9 Å². The normalized spacial score (nSPS) is 14.3. The van der Waals surface area contributed by atoms with Crippen molar-refractivity contribution in [2.24, 2.45) is 0 Å². The number of hydrogen-bond acceptors (Lipinski definition) is 3. The SMILES string of the molecule is Cc1ccc(C)c(OCCCC(C)(CO)NC(C)C)c1. The highest BCUT2D eigenvalue weighted by Gasteiger charge is 2.23. The largest absolute Gasteiger partial charge is 0.493 e. The Labute approximate surface area is 123 Å². The summed E-state index contributed by atoms with van der Waals surface area (Å²) in [7, 11) is 0. The first-order valence-corrected chi connectivity index (χ1v) is 7.45. The van der Waals surface area contributed by atoms with Gasteiger partial charge in [0.2, 0.25) is 0 Å². The summed E-state index contributed by atoms with van der Waals surface area (Å²) >= 11 is 0. The lowest BCUT2D eigenvalue weighted by Gasteiger charge is -2.31. The summed E-state index contributed by atoms with van der Waals surface area (Å²) in [5, 5.41) is 12.9. The first-order chi connectivity index (χ1) is 9.36. The van der Waals surface area contributed by atoms with Crippen LogP contribution in [0.4, 0.5) is 0 Å². The Kier molecular flexibility index (Phi) is 6.50. The summed E-state index contributed by atoms with van der Waals surface area (Å²) in [6, 6.07) is 6.62. The summed E-state index contributed by atoms with van der Waals surface area (Å²) in [5.74, 6) is 0.965. The van der Waals surface area contributed by atoms with Gasteiger partial charge < -0.3 is 15.2 Å². The summed E-state index contributed by atoms with van der Waals surface area (Å²) in [6.45, 7) is 11.2. The van der Waals surface area contributed by atoms with E-state index in [9.17, 15) is 5.11 Å². The number of rotatable bonds is 8. The second-order valence-electron chi connectivity index (χ2n) is 6.24. The van der Waals surface area contributed by atoms with Crippen LogP contribution >= 0.6 is 0 Å². The van der Waals surface area contributed by atoms with Crippen molar-refractivity contribution in [1.29, 1.82) is 0 Å². The van der Waals surface area contributed by atoms with Gasteiger partial charge in [-0.3, -0.25) is 0 Å². The molecular weight excluding hydrogens is 250 g/mol. The highest BCUT2D eigenvalue weighted by molar-refractivity contribution is 5.35. The number of nitrogens with one attached hydrogen (secondary N) is 1. The molecule has 1 aromatic rings. The molecule has 3 heteroatoms. The minimum absolute atomic E-state index is 0.147. The summed E-state index contributed by atoms with van der Waals surface area (Å²) in [4.78, 5) is 0. The molecule has 0 aliphatic carbocycles. The summed E-state index contributed by atoms with van der Waals surface area (Å²) in [6.07, 6.45) is 1.82. The van der Waals surface area contributed by atoms with E-state index in [4.69, 9.17) is 4.74 Å². The maximum atomic E-state index is 9.53. The van der Waals surface area contributed by atoms with Gasteiger partial charge in [-0.1, -0.05) is 26.0 Å². The first kappa shape index (κ1) is 17.0. The molecule has 0 radical (unpaired) electrons. The Hall–Kier alpha value is -1.06. The third kappa shape index (κ3) is 5.51. The van der Waals surface area contributed by atoms with Crippen LogP contribution < -0.4 is 10.1 Å². The van der Waals surface area contributed by atoms with Gasteiger partial charge in [0.05, 0.1) is 13.2 Å². The Bertz CT molecular complexity index is 417. The molecule has 1 atom stereocenters. The van der Waals surface area contributed by atoms with Crippen LogP contribution in [0.15, 0.2) is 18.2 Å². The molecular formula is C17H29NO2. The highest BCUT2D eigenvalue weighted by Crippen LogP contribution is 2.20. The van der Waals surface area contributed by atoms with Crippen LogP contribution in [-0.2, 0) is 0 Å². The van der Waals surface area contributed by atoms with E-state index in [0.717, 1.165) is 18.6 Å². The van der Waals surface area contributed by atoms with Gasteiger partial charge in [0.1, 0.15) is 5.75 Å². The topological polar surface area (TPSA) is 41.5 Å². The average Bonchev–Trinajstić information content (AvgIpc) is 2.38. The molecule has 0 heterocycles. The smallest absolute Gasteiger partial charge is 0.122 e. The van der Waals surface area contributed by atoms with Gasteiger partial charge in [0.15, 0.2) is 0 Å². The molecule has 0 aliphatic rings. The van der Waals surface area contributed by atoms with Crippen molar-refractivity contribution in [3.05, 3.63) is 29.3 Å². The average molecular weight is 279 g/mol. The van der Waals surface area contributed by atoms with Gasteiger partial charge in [-0.25, -0.2) is 0 Å². The molecule has 0 bridgehead atoms. The van der Waals surface area contributed by atoms with Gasteiger partial charge in [-0.15, -0.1) is 0 Å². The predicted octanol–water partition coefficient (Wildman–Crippen LogP) is 3.21. The van der Waals surface area contributed by atoms with E-state index in [1.165, 1.54) is 11.1 Å². The van der Waals surface area contributed by atoms with Crippen molar-refractivity contribution in [2.75, 3.05) is 13.2 Å². The van der Waals surface area contributed by atoms with E-state index in [0.29, 0.717) is 12.6 Å². The molecule has 1 rings (SSSR count). The molecule has 3 nitrogen and oxygen atoms in total. The number of aliphatic hydroxyl groups excluding tert-OH is 1. The third-order valence-electron chi connectivity index (χ3n) is 3.46. The van der Waals surface area contributed by atoms with E-state index in [-0.39, 0.29) is 12.1 Å². The molecule has 1 unspecified atom stereocenters. The Morgan fingerprint density at radius 1 is 1.30 bits per heavy atom. The molecule has 0 saturated carbocycles. The Morgan fingerprint density at radius 2 is 2.00 bits per heavy atom. The van der Waals surface area contributed by atoms with E-state index in [1.807, 2.05) is 0 Å². The Morgan fingerprint density at radius 3 is 2.60 bits per heavy atom. The molecule has 0 amide bonds. The van der Waals surface area contributed by atoms with Crippen LogP contribution in [0.5, 0.6) is 5.75 Å². The zero-order chi connectivity index (χ0) is 15.2. The number of ether oxygens (including phenoxy) is 1. The van der Waals surface area contributed by atoms with Gasteiger partial charge in [-0.05, 0) is 50.8 Å². The highest BCUT2D eigenvalue weighted by atomic mass is 16.5. The monoisotopic (exact) mass is 279 g/mol. The molecule has 0 aromatic heterocycles. The number of aryl methyl sites for hydroxylation is 2. The fourth-order valence-electron chi connectivity index (χ4n) is 2.40. The predicted molar refractivity (Wildman–Crippen MR) is 84.4 cm³/mol. The van der Waals surface area contributed by atoms with Crippen LogP contribution in [0.2, 0.25) is 0 Å². The Balaban J connectivity index is 2.42. The standard InChI is InChI=1S/C17H29NO2/c1-13(2)18-17(5,12-19)9-6-10-20-16-11-14(3)7-8-15(16)4/h7-8,11,13,18-19H,6,9-10,12H2,1-5H3. The lowest BCUT2D eigenvalue weighted by atomic mass is 9.96. The minimum atomic E-state index is -0.223. The van der Waals surface area contributed by atoms with Crippen molar-refractivity contribution >= 4 is 0 Å². The van der Waals surface area contributed by atoms with E-state index in [1.54, 1.807) is 0 Å². The van der Waals surface area contributed by atoms with Gasteiger partial charge in [-0.2, -0.15) is 0 Å². The fourth-order valence-corrected chi connectivity index (χ4v) is 2.40. The molecule has 0 fully saturated rings. The molecule has 2 N–H and O–H groups in total. The van der Waals surface area contributed by atoms with Crippen molar-refractivity contribution in [3.63, 3.8) is 0 Å². The number of hydrogen-bond donors (Lipinski definition) is 2. The molecule has 0 aliphatic heterocycles. The lowest BCUT2D eigenvalue weighted by molar-refractivity contribution is 0.147. The van der Waals surface area contributed by atoms with E-state index >= 15 is 0 Å². The molecule has 20 heavy (non-hydrogen) atoms. The van der Waals surface area contributed by atoms with Crippen molar-refractivity contribution in [3.8, 4) is 5.75 Å². The van der Waals surface area contributed by atoms with Crippen molar-refractivity contribution < 1.29 is 9.84 Å². The number of benzene rings is 1. The molecule has 1 aromatic carbocycles. The van der Waals surface area contributed by atoms with Gasteiger partial charge in [0, 0.05) is 11.6 Å². The third-order valence-corrected chi connectivity index (χ3v) is 3.46. The maximum absolute atomic E-state index is 9.53. The lowest BCUT2D eigenvalue weighted by Crippen LogP contribution is -2.49.